The molecule has 0 bridgehead atoms. The zero-order chi connectivity index (χ0) is 15.5. The third-order valence-corrected chi connectivity index (χ3v) is 3.45. The Morgan fingerprint density at radius 1 is 1.38 bits per heavy atom. The van der Waals surface area contributed by atoms with Crippen LogP contribution >= 0.6 is 0 Å². The number of aliphatic hydroxyl groups is 1. The molecule has 2 rings (SSSR count). The largest absolute Gasteiger partial charge is 0.451 e. The highest BCUT2D eigenvalue weighted by molar-refractivity contribution is 5.96. The molecule has 1 amide bonds. The summed E-state index contributed by atoms with van der Waals surface area (Å²) in [7, 11) is 0. The number of nitrogens with one attached hydrogen (secondary N) is 1. The van der Waals surface area contributed by atoms with E-state index < -0.39 is 0 Å². The van der Waals surface area contributed by atoms with Gasteiger partial charge in [-0.2, -0.15) is 0 Å². The van der Waals surface area contributed by atoms with Gasteiger partial charge >= 0.3 is 0 Å². The molecule has 0 radical (unpaired) electrons. The van der Waals surface area contributed by atoms with Crippen molar-refractivity contribution in [3.05, 3.63) is 35.8 Å². The minimum Gasteiger partial charge on any atom is -0.451 e. The van der Waals surface area contributed by atoms with Gasteiger partial charge in [0, 0.05) is 18.5 Å². The van der Waals surface area contributed by atoms with Crippen molar-refractivity contribution in [1.29, 1.82) is 0 Å². The molecule has 1 aromatic heterocycles. The highest BCUT2D eigenvalue weighted by atomic mass is 19.1. The quantitative estimate of drug-likeness (QED) is 0.804. The predicted octanol–water partition coefficient (Wildman–Crippen LogP) is 3.10. The number of rotatable bonds is 6. The van der Waals surface area contributed by atoms with Crippen LogP contribution in [0.5, 0.6) is 0 Å². The van der Waals surface area contributed by atoms with Crippen LogP contribution in [0.2, 0.25) is 0 Å². The van der Waals surface area contributed by atoms with Crippen LogP contribution in [-0.4, -0.2) is 24.2 Å². The molecule has 0 fully saturated rings. The molecule has 1 aromatic carbocycles. The SMILES string of the molecule is CC(C)(CO)CCCNC(=O)c1cc2cc(F)ccc2o1. The first-order chi connectivity index (χ1) is 9.91. The summed E-state index contributed by atoms with van der Waals surface area (Å²) in [6.07, 6.45) is 1.59. The average molecular weight is 293 g/mol. The molecule has 0 aliphatic heterocycles. The summed E-state index contributed by atoms with van der Waals surface area (Å²) >= 11 is 0. The molecule has 0 atom stereocenters. The smallest absolute Gasteiger partial charge is 0.287 e. The van der Waals surface area contributed by atoms with Crippen LogP contribution in [-0.2, 0) is 0 Å². The first-order valence-electron chi connectivity index (χ1n) is 6.99. The van der Waals surface area contributed by atoms with E-state index in [4.69, 9.17) is 9.52 Å². The van der Waals surface area contributed by atoms with Crippen LogP contribution < -0.4 is 5.32 Å². The minimum atomic E-state index is -0.360. The van der Waals surface area contributed by atoms with Gasteiger partial charge in [0.1, 0.15) is 11.4 Å². The molecular weight excluding hydrogens is 273 g/mol. The van der Waals surface area contributed by atoms with Gasteiger partial charge < -0.3 is 14.8 Å². The standard InChI is InChI=1S/C16H20FNO3/c1-16(2,10-19)6-3-7-18-15(20)14-9-11-8-12(17)4-5-13(11)21-14/h4-5,8-9,19H,3,6-7,10H2,1-2H3,(H,18,20). The maximum Gasteiger partial charge on any atom is 0.287 e. The Morgan fingerprint density at radius 3 is 2.86 bits per heavy atom. The maximum absolute atomic E-state index is 13.1. The van der Waals surface area contributed by atoms with E-state index in [0.717, 1.165) is 12.8 Å². The lowest BCUT2D eigenvalue weighted by Gasteiger charge is -2.21. The number of hydrogen-bond acceptors (Lipinski definition) is 3. The first kappa shape index (κ1) is 15.5. The fraction of sp³-hybridized carbons (Fsp3) is 0.438. The number of halogens is 1. The van der Waals surface area contributed by atoms with E-state index in [1.54, 1.807) is 0 Å². The Balaban J connectivity index is 1.90. The van der Waals surface area contributed by atoms with Crippen molar-refractivity contribution in [3.8, 4) is 0 Å². The number of furan rings is 1. The average Bonchev–Trinajstić information content (AvgIpc) is 2.86. The van der Waals surface area contributed by atoms with Crippen molar-refractivity contribution in [2.24, 2.45) is 5.41 Å². The van der Waals surface area contributed by atoms with Gasteiger partial charge in [-0.3, -0.25) is 4.79 Å². The molecule has 4 nitrogen and oxygen atoms in total. The number of amides is 1. The summed E-state index contributed by atoms with van der Waals surface area (Å²) in [5, 5.41) is 12.5. The van der Waals surface area contributed by atoms with Crippen molar-refractivity contribution < 1.29 is 18.7 Å². The molecule has 0 saturated carbocycles. The molecule has 2 N–H and O–H groups in total. The van der Waals surface area contributed by atoms with Crippen LogP contribution in [0, 0.1) is 11.2 Å². The van der Waals surface area contributed by atoms with Gasteiger partial charge in [-0.1, -0.05) is 13.8 Å². The lowest BCUT2D eigenvalue weighted by atomic mass is 9.89. The third-order valence-electron chi connectivity index (χ3n) is 3.45. The number of hydrogen-bond donors (Lipinski definition) is 2. The molecule has 1 heterocycles. The Kier molecular flexibility index (Phi) is 4.63. The van der Waals surface area contributed by atoms with Crippen LogP contribution in [0.4, 0.5) is 4.39 Å². The number of aliphatic hydroxyl groups excluding tert-OH is 1. The topological polar surface area (TPSA) is 62.5 Å². The van der Waals surface area contributed by atoms with E-state index in [-0.39, 0.29) is 29.5 Å². The third kappa shape index (κ3) is 4.04. The van der Waals surface area contributed by atoms with E-state index in [1.165, 1.54) is 24.3 Å². The number of benzene rings is 1. The second kappa shape index (κ2) is 6.26. The molecule has 5 heteroatoms. The molecule has 2 aromatic rings. The second-order valence-electron chi connectivity index (χ2n) is 5.97. The monoisotopic (exact) mass is 293 g/mol. The van der Waals surface area contributed by atoms with E-state index in [0.29, 0.717) is 17.5 Å². The lowest BCUT2D eigenvalue weighted by molar-refractivity contribution is 0.0923. The Morgan fingerprint density at radius 2 is 2.14 bits per heavy atom. The number of carbonyl (C=O) groups is 1. The van der Waals surface area contributed by atoms with E-state index in [1.807, 2.05) is 13.8 Å². The zero-order valence-corrected chi connectivity index (χ0v) is 12.3. The Bertz CT molecular complexity index is 633. The van der Waals surface area contributed by atoms with Crippen molar-refractivity contribution >= 4 is 16.9 Å². The molecular formula is C16H20FNO3. The summed E-state index contributed by atoms with van der Waals surface area (Å²) in [6, 6.07) is 5.67. The summed E-state index contributed by atoms with van der Waals surface area (Å²) in [5.74, 6) is -0.494. The first-order valence-corrected chi connectivity index (χ1v) is 6.99. The molecule has 114 valence electrons. The summed E-state index contributed by atoms with van der Waals surface area (Å²) in [6.45, 7) is 4.58. The molecule has 0 saturated heterocycles. The van der Waals surface area contributed by atoms with E-state index in [9.17, 15) is 9.18 Å². The van der Waals surface area contributed by atoms with Crippen LogP contribution in [0.3, 0.4) is 0 Å². The predicted molar refractivity (Wildman–Crippen MR) is 78.6 cm³/mol. The van der Waals surface area contributed by atoms with Gasteiger partial charge in [-0.25, -0.2) is 4.39 Å². The highest BCUT2D eigenvalue weighted by Crippen LogP contribution is 2.21. The fourth-order valence-electron chi connectivity index (χ4n) is 2.06. The summed E-state index contributed by atoms with van der Waals surface area (Å²) < 4.78 is 18.5. The molecule has 21 heavy (non-hydrogen) atoms. The Hall–Kier alpha value is -1.88. The summed E-state index contributed by atoms with van der Waals surface area (Å²) in [5.41, 5.74) is 0.352. The normalized spacial score (nSPS) is 11.8. The van der Waals surface area contributed by atoms with Gasteiger partial charge in [0.05, 0.1) is 0 Å². The van der Waals surface area contributed by atoms with Gasteiger partial charge in [0.2, 0.25) is 0 Å². The van der Waals surface area contributed by atoms with E-state index >= 15 is 0 Å². The molecule has 0 unspecified atom stereocenters. The lowest BCUT2D eigenvalue weighted by Crippen LogP contribution is -2.26. The highest BCUT2D eigenvalue weighted by Gasteiger charge is 2.16. The minimum absolute atomic E-state index is 0.121. The zero-order valence-electron chi connectivity index (χ0n) is 12.3. The summed E-state index contributed by atoms with van der Waals surface area (Å²) in [4.78, 5) is 11.9. The van der Waals surface area contributed by atoms with Crippen LogP contribution in [0.1, 0.15) is 37.2 Å². The van der Waals surface area contributed by atoms with Gasteiger partial charge in [0.25, 0.3) is 5.91 Å². The maximum atomic E-state index is 13.1. The number of carbonyl (C=O) groups excluding carboxylic acids is 1. The number of fused-ring (bicyclic) bond motifs is 1. The van der Waals surface area contributed by atoms with Gasteiger partial charge in [-0.05, 0) is 42.5 Å². The van der Waals surface area contributed by atoms with Crippen molar-refractivity contribution in [2.75, 3.05) is 13.2 Å². The van der Waals surface area contributed by atoms with Gasteiger partial charge in [-0.15, -0.1) is 0 Å². The van der Waals surface area contributed by atoms with Crippen LogP contribution in [0.15, 0.2) is 28.7 Å². The van der Waals surface area contributed by atoms with Crippen molar-refractivity contribution in [2.45, 2.75) is 26.7 Å². The van der Waals surface area contributed by atoms with Crippen molar-refractivity contribution in [1.82, 2.24) is 5.32 Å². The second-order valence-corrected chi connectivity index (χ2v) is 5.97. The van der Waals surface area contributed by atoms with Crippen LogP contribution in [0.25, 0.3) is 11.0 Å². The van der Waals surface area contributed by atoms with Crippen molar-refractivity contribution in [3.63, 3.8) is 0 Å². The molecule has 0 aliphatic rings. The Labute approximate surface area is 122 Å². The molecule has 0 spiro atoms. The fourth-order valence-corrected chi connectivity index (χ4v) is 2.06. The van der Waals surface area contributed by atoms with E-state index in [2.05, 4.69) is 5.32 Å². The molecule has 0 aliphatic carbocycles. The van der Waals surface area contributed by atoms with Gasteiger partial charge in [0.15, 0.2) is 5.76 Å².